The van der Waals surface area contributed by atoms with Gasteiger partial charge in [-0.15, -0.1) is 0 Å². The first-order valence-electron chi connectivity index (χ1n) is 5.93. The molecule has 19 heavy (non-hydrogen) atoms. The summed E-state index contributed by atoms with van der Waals surface area (Å²) in [6.45, 7) is 6.26. The number of amides is 1. The Balaban J connectivity index is 3.13. The van der Waals surface area contributed by atoms with Crippen molar-refractivity contribution in [2.75, 3.05) is 13.6 Å². The smallest absolute Gasteiger partial charge is 0.261 e. The fourth-order valence-electron chi connectivity index (χ4n) is 1.85. The third-order valence-electron chi connectivity index (χ3n) is 2.68. The molecule has 0 aliphatic heterocycles. The van der Waals surface area contributed by atoms with Gasteiger partial charge in [-0.2, -0.15) is 0 Å². The minimum absolute atomic E-state index is 0.0158. The van der Waals surface area contributed by atoms with Gasteiger partial charge in [0.15, 0.2) is 0 Å². The summed E-state index contributed by atoms with van der Waals surface area (Å²) in [4.78, 5) is 13.7. The van der Waals surface area contributed by atoms with Gasteiger partial charge in [-0.1, -0.05) is 19.9 Å². The van der Waals surface area contributed by atoms with Crippen LogP contribution >= 0.6 is 10.7 Å². The van der Waals surface area contributed by atoms with E-state index >= 15 is 0 Å². The fourth-order valence-corrected chi connectivity index (χ4v) is 3.07. The second kappa shape index (κ2) is 5.92. The molecule has 0 fully saturated rings. The molecule has 0 aromatic heterocycles. The van der Waals surface area contributed by atoms with Crippen LogP contribution in [0.4, 0.5) is 0 Å². The third kappa shape index (κ3) is 4.21. The average Bonchev–Trinajstić information content (AvgIpc) is 2.26. The summed E-state index contributed by atoms with van der Waals surface area (Å²) < 4.78 is 22.8. The molecular formula is C13H18ClNO3S. The maximum atomic E-state index is 12.2. The Morgan fingerprint density at radius 3 is 2.42 bits per heavy atom. The zero-order chi connectivity index (χ0) is 14.8. The minimum Gasteiger partial charge on any atom is -0.341 e. The molecule has 0 bridgehead atoms. The molecule has 0 saturated heterocycles. The second-order valence-electron chi connectivity index (χ2n) is 5.00. The standard InChI is InChI=1S/C13H18ClNO3S/c1-9(2)8-15(4)13(16)11-6-5-10(3)12(7-11)19(14,17)18/h5-7,9H,8H2,1-4H3. The summed E-state index contributed by atoms with van der Waals surface area (Å²) in [5.41, 5.74) is 0.853. The van der Waals surface area contributed by atoms with Crippen LogP contribution in [0.25, 0.3) is 0 Å². The van der Waals surface area contributed by atoms with Crippen LogP contribution in [0.1, 0.15) is 29.8 Å². The summed E-state index contributed by atoms with van der Waals surface area (Å²) in [6, 6.07) is 4.53. The van der Waals surface area contributed by atoms with Crippen LogP contribution in [-0.2, 0) is 9.05 Å². The quantitative estimate of drug-likeness (QED) is 0.804. The van der Waals surface area contributed by atoms with Gasteiger partial charge in [0.1, 0.15) is 0 Å². The zero-order valence-corrected chi connectivity index (χ0v) is 13.0. The molecule has 1 aromatic rings. The van der Waals surface area contributed by atoms with E-state index in [1.807, 2.05) is 13.8 Å². The highest BCUT2D eigenvalue weighted by Crippen LogP contribution is 2.21. The number of rotatable bonds is 4. The number of nitrogens with zero attached hydrogens (tertiary/aromatic N) is 1. The van der Waals surface area contributed by atoms with Crippen LogP contribution in [0.15, 0.2) is 23.1 Å². The topological polar surface area (TPSA) is 54.5 Å². The van der Waals surface area contributed by atoms with Gasteiger partial charge in [-0.3, -0.25) is 4.79 Å². The van der Waals surface area contributed by atoms with Crippen LogP contribution < -0.4 is 0 Å². The predicted octanol–water partition coefficient (Wildman–Crippen LogP) is 2.65. The van der Waals surface area contributed by atoms with Crippen LogP contribution in [-0.4, -0.2) is 32.8 Å². The van der Waals surface area contributed by atoms with Crippen molar-refractivity contribution in [2.24, 2.45) is 5.92 Å². The van der Waals surface area contributed by atoms with Crippen LogP contribution in [0.2, 0.25) is 0 Å². The number of aryl methyl sites for hydroxylation is 1. The highest BCUT2D eigenvalue weighted by molar-refractivity contribution is 8.13. The predicted molar refractivity (Wildman–Crippen MR) is 76.0 cm³/mol. The minimum atomic E-state index is -3.84. The van der Waals surface area contributed by atoms with E-state index in [0.29, 0.717) is 23.6 Å². The van der Waals surface area contributed by atoms with E-state index in [2.05, 4.69) is 0 Å². The van der Waals surface area contributed by atoms with E-state index in [9.17, 15) is 13.2 Å². The summed E-state index contributed by atoms with van der Waals surface area (Å²) in [5, 5.41) is 0. The molecule has 0 saturated carbocycles. The van der Waals surface area contributed by atoms with Crippen LogP contribution in [0.5, 0.6) is 0 Å². The maximum absolute atomic E-state index is 12.2. The first kappa shape index (κ1) is 16.0. The van der Waals surface area contributed by atoms with Crippen molar-refractivity contribution < 1.29 is 13.2 Å². The van der Waals surface area contributed by atoms with E-state index < -0.39 is 9.05 Å². The van der Waals surface area contributed by atoms with Crippen molar-refractivity contribution in [2.45, 2.75) is 25.7 Å². The number of carbonyl (C=O) groups excluding carboxylic acids is 1. The molecule has 0 spiro atoms. The Morgan fingerprint density at radius 2 is 1.95 bits per heavy atom. The van der Waals surface area contributed by atoms with Gasteiger partial charge in [0.25, 0.3) is 15.0 Å². The first-order chi connectivity index (χ1) is 8.62. The van der Waals surface area contributed by atoms with Crippen molar-refractivity contribution in [3.8, 4) is 0 Å². The molecule has 0 atom stereocenters. The summed E-state index contributed by atoms with van der Waals surface area (Å²) >= 11 is 0. The molecule has 0 aliphatic carbocycles. The number of hydrogen-bond donors (Lipinski definition) is 0. The van der Waals surface area contributed by atoms with Crippen molar-refractivity contribution in [3.05, 3.63) is 29.3 Å². The van der Waals surface area contributed by atoms with Gasteiger partial charge in [0, 0.05) is 29.8 Å². The lowest BCUT2D eigenvalue weighted by molar-refractivity contribution is 0.0779. The average molecular weight is 304 g/mol. The van der Waals surface area contributed by atoms with Crippen molar-refractivity contribution >= 4 is 25.6 Å². The van der Waals surface area contributed by atoms with E-state index in [0.717, 1.165) is 0 Å². The Labute approximate surface area is 118 Å². The number of hydrogen-bond acceptors (Lipinski definition) is 3. The van der Waals surface area contributed by atoms with E-state index in [1.54, 1.807) is 31.0 Å². The highest BCUT2D eigenvalue weighted by Gasteiger charge is 2.18. The Hall–Kier alpha value is -1.07. The summed E-state index contributed by atoms with van der Waals surface area (Å²) in [5.74, 6) is 0.130. The molecular weight excluding hydrogens is 286 g/mol. The first-order valence-corrected chi connectivity index (χ1v) is 8.24. The Bertz CT molecular complexity index is 582. The fraction of sp³-hybridized carbons (Fsp3) is 0.462. The lowest BCUT2D eigenvalue weighted by atomic mass is 10.1. The molecule has 0 aliphatic rings. The van der Waals surface area contributed by atoms with Crippen molar-refractivity contribution in [3.63, 3.8) is 0 Å². The van der Waals surface area contributed by atoms with Gasteiger partial charge >= 0.3 is 0 Å². The van der Waals surface area contributed by atoms with Gasteiger partial charge in [-0.25, -0.2) is 8.42 Å². The molecule has 0 unspecified atom stereocenters. The third-order valence-corrected chi connectivity index (χ3v) is 4.15. The van der Waals surface area contributed by atoms with Gasteiger partial charge in [0.2, 0.25) is 0 Å². The lowest BCUT2D eigenvalue weighted by Crippen LogP contribution is -2.30. The van der Waals surface area contributed by atoms with Gasteiger partial charge in [-0.05, 0) is 30.5 Å². The van der Waals surface area contributed by atoms with Gasteiger partial charge < -0.3 is 4.90 Å². The maximum Gasteiger partial charge on any atom is 0.261 e. The molecule has 6 heteroatoms. The lowest BCUT2D eigenvalue weighted by Gasteiger charge is -2.19. The van der Waals surface area contributed by atoms with Gasteiger partial charge in [0.05, 0.1) is 4.90 Å². The number of halogens is 1. The summed E-state index contributed by atoms with van der Waals surface area (Å²) in [6.07, 6.45) is 0. The number of carbonyl (C=O) groups is 1. The monoisotopic (exact) mass is 303 g/mol. The Morgan fingerprint density at radius 1 is 1.37 bits per heavy atom. The van der Waals surface area contributed by atoms with E-state index in [1.165, 1.54) is 6.07 Å². The molecule has 1 amide bonds. The molecule has 106 valence electrons. The molecule has 1 rings (SSSR count). The van der Waals surface area contributed by atoms with Crippen molar-refractivity contribution in [1.29, 1.82) is 0 Å². The van der Waals surface area contributed by atoms with Crippen molar-refractivity contribution in [1.82, 2.24) is 4.90 Å². The molecule has 1 aromatic carbocycles. The van der Waals surface area contributed by atoms with E-state index in [4.69, 9.17) is 10.7 Å². The number of benzene rings is 1. The summed E-state index contributed by atoms with van der Waals surface area (Å²) in [7, 11) is 3.21. The normalized spacial score (nSPS) is 11.7. The largest absolute Gasteiger partial charge is 0.341 e. The molecule has 0 heterocycles. The van der Waals surface area contributed by atoms with Crippen LogP contribution in [0.3, 0.4) is 0 Å². The highest BCUT2D eigenvalue weighted by atomic mass is 35.7. The van der Waals surface area contributed by atoms with Crippen LogP contribution in [0, 0.1) is 12.8 Å². The second-order valence-corrected chi connectivity index (χ2v) is 7.53. The Kier molecular flexibility index (Phi) is 4.98. The molecule has 0 N–H and O–H groups in total. The van der Waals surface area contributed by atoms with E-state index in [-0.39, 0.29) is 10.8 Å². The molecule has 4 nitrogen and oxygen atoms in total. The SMILES string of the molecule is Cc1ccc(C(=O)N(C)CC(C)C)cc1S(=O)(=O)Cl. The molecule has 0 radical (unpaired) electrons. The zero-order valence-electron chi connectivity index (χ0n) is 11.5.